The van der Waals surface area contributed by atoms with Crippen molar-refractivity contribution in [3.8, 4) is 16.9 Å². The third kappa shape index (κ3) is 4.53. The summed E-state index contributed by atoms with van der Waals surface area (Å²) < 4.78 is 10.7. The maximum Gasteiger partial charge on any atom is 0.407 e. The SMILES string of the molecule is CC(NC(=O)OCC1c2ccccc2-c2ccccc21)c1ccc(OCC(=O)O)cc1. The van der Waals surface area contributed by atoms with Gasteiger partial charge in [-0.25, -0.2) is 9.59 Å². The van der Waals surface area contributed by atoms with Crippen molar-refractivity contribution in [3.63, 3.8) is 0 Å². The summed E-state index contributed by atoms with van der Waals surface area (Å²) in [6.45, 7) is 1.72. The topological polar surface area (TPSA) is 84.9 Å². The third-order valence-corrected chi connectivity index (χ3v) is 5.42. The molecule has 1 atom stereocenters. The third-order valence-electron chi connectivity index (χ3n) is 5.42. The standard InChI is InChI=1S/C25H23NO5/c1-16(17-10-12-18(13-11-17)30-15-24(27)28)26-25(29)31-14-23-21-8-4-2-6-19(21)20-7-3-5-9-22(20)23/h2-13,16,23H,14-15H2,1H3,(H,26,29)(H,27,28). The lowest BCUT2D eigenvalue weighted by atomic mass is 9.98. The zero-order chi connectivity index (χ0) is 21.8. The van der Waals surface area contributed by atoms with E-state index in [2.05, 4.69) is 29.6 Å². The lowest BCUT2D eigenvalue weighted by Crippen LogP contribution is -2.28. The molecule has 158 valence electrons. The zero-order valence-corrected chi connectivity index (χ0v) is 17.1. The van der Waals surface area contributed by atoms with Gasteiger partial charge in [0.25, 0.3) is 0 Å². The molecule has 0 aromatic heterocycles. The van der Waals surface area contributed by atoms with Crippen molar-refractivity contribution >= 4 is 12.1 Å². The van der Waals surface area contributed by atoms with E-state index in [1.54, 1.807) is 24.3 Å². The quantitative estimate of drug-likeness (QED) is 0.580. The molecule has 0 saturated heterocycles. The maximum absolute atomic E-state index is 12.4. The summed E-state index contributed by atoms with van der Waals surface area (Å²) in [6, 6.07) is 23.0. The van der Waals surface area contributed by atoms with Gasteiger partial charge < -0.3 is 19.9 Å². The number of amides is 1. The molecule has 6 heteroatoms. The van der Waals surface area contributed by atoms with E-state index in [-0.39, 0.29) is 18.6 Å². The van der Waals surface area contributed by atoms with Gasteiger partial charge in [0, 0.05) is 5.92 Å². The summed E-state index contributed by atoms with van der Waals surface area (Å²) in [5.74, 6) is -0.562. The average molecular weight is 417 g/mol. The van der Waals surface area contributed by atoms with Crippen molar-refractivity contribution in [2.45, 2.75) is 18.9 Å². The van der Waals surface area contributed by atoms with E-state index in [0.29, 0.717) is 5.75 Å². The van der Waals surface area contributed by atoms with E-state index in [1.165, 1.54) is 22.3 Å². The molecule has 0 aliphatic heterocycles. The second kappa shape index (κ2) is 8.92. The van der Waals surface area contributed by atoms with Gasteiger partial charge in [-0.05, 0) is 46.9 Å². The van der Waals surface area contributed by atoms with Gasteiger partial charge in [-0.3, -0.25) is 0 Å². The van der Waals surface area contributed by atoms with Gasteiger partial charge in [0.1, 0.15) is 12.4 Å². The molecule has 0 fully saturated rings. The van der Waals surface area contributed by atoms with Crippen molar-refractivity contribution in [2.24, 2.45) is 0 Å². The van der Waals surface area contributed by atoms with Gasteiger partial charge in [0.15, 0.2) is 6.61 Å². The summed E-state index contributed by atoms with van der Waals surface area (Å²) in [4.78, 5) is 23.0. The van der Waals surface area contributed by atoms with Gasteiger partial charge in [0.2, 0.25) is 0 Å². The van der Waals surface area contributed by atoms with E-state index in [0.717, 1.165) is 5.56 Å². The fourth-order valence-corrected chi connectivity index (χ4v) is 3.90. The first-order chi connectivity index (χ1) is 15.0. The highest BCUT2D eigenvalue weighted by atomic mass is 16.5. The van der Waals surface area contributed by atoms with Crippen molar-refractivity contribution in [3.05, 3.63) is 89.5 Å². The molecule has 6 nitrogen and oxygen atoms in total. The number of carboxylic acid groups (broad SMARTS) is 1. The Hall–Kier alpha value is -3.80. The molecular weight excluding hydrogens is 394 g/mol. The van der Waals surface area contributed by atoms with E-state index in [4.69, 9.17) is 14.6 Å². The number of carboxylic acids is 1. The van der Waals surface area contributed by atoms with Crippen molar-refractivity contribution in [1.29, 1.82) is 0 Å². The first-order valence-electron chi connectivity index (χ1n) is 10.1. The second-order valence-electron chi connectivity index (χ2n) is 7.44. The number of rotatable bonds is 7. The molecule has 0 saturated carbocycles. The Labute approximate surface area is 180 Å². The monoisotopic (exact) mass is 417 g/mol. The van der Waals surface area contributed by atoms with Crippen LogP contribution in [0, 0.1) is 0 Å². The van der Waals surface area contributed by atoms with Gasteiger partial charge in [-0.15, -0.1) is 0 Å². The fourth-order valence-electron chi connectivity index (χ4n) is 3.90. The Morgan fingerprint density at radius 3 is 2.10 bits per heavy atom. The largest absolute Gasteiger partial charge is 0.482 e. The Balaban J connectivity index is 1.36. The minimum absolute atomic E-state index is 0.0131. The number of hydrogen-bond acceptors (Lipinski definition) is 4. The van der Waals surface area contributed by atoms with Crippen LogP contribution in [0.1, 0.15) is 35.6 Å². The van der Waals surface area contributed by atoms with Crippen LogP contribution in [0.4, 0.5) is 4.79 Å². The minimum atomic E-state index is -1.03. The molecule has 2 N–H and O–H groups in total. The fraction of sp³-hybridized carbons (Fsp3) is 0.200. The molecular formula is C25H23NO5. The molecule has 4 rings (SSSR count). The number of nitrogens with one attached hydrogen (secondary N) is 1. The molecule has 0 radical (unpaired) electrons. The molecule has 3 aromatic carbocycles. The van der Waals surface area contributed by atoms with Gasteiger partial charge >= 0.3 is 12.1 Å². The number of ether oxygens (including phenoxy) is 2. The lowest BCUT2D eigenvalue weighted by Gasteiger charge is -2.17. The maximum atomic E-state index is 12.4. The van der Waals surface area contributed by atoms with Gasteiger partial charge in [-0.2, -0.15) is 0 Å². The van der Waals surface area contributed by atoms with Crippen molar-refractivity contribution in [1.82, 2.24) is 5.32 Å². The van der Waals surface area contributed by atoms with Gasteiger partial charge in [-0.1, -0.05) is 60.7 Å². The van der Waals surface area contributed by atoms with Crippen LogP contribution in [-0.4, -0.2) is 30.4 Å². The highest BCUT2D eigenvalue weighted by Crippen LogP contribution is 2.44. The van der Waals surface area contributed by atoms with E-state index < -0.39 is 18.7 Å². The number of carbonyl (C=O) groups excluding carboxylic acids is 1. The van der Waals surface area contributed by atoms with E-state index in [1.807, 2.05) is 31.2 Å². The Morgan fingerprint density at radius 1 is 0.935 bits per heavy atom. The summed E-state index contributed by atoms with van der Waals surface area (Å²) in [6.07, 6.45) is -0.486. The molecule has 1 aliphatic rings. The summed E-state index contributed by atoms with van der Waals surface area (Å²) in [7, 11) is 0. The van der Waals surface area contributed by atoms with Crippen LogP contribution in [0.3, 0.4) is 0 Å². The molecule has 1 amide bonds. The highest BCUT2D eigenvalue weighted by Gasteiger charge is 2.29. The molecule has 0 bridgehead atoms. The van der Waals surface area contributed by atoms with Crippen molar-refractivity contribution < 1.29 is 24.2 Å². The molecule has 0 spiro atoms. The van der Waals surface area contributed by atoms with Gasteiger partial charge in [0.05, 0.1) is 6.04 Å². The van der Waals surface area contributed by atoms with Crippen molar-refractivity contribution in [2.75, 3.05) is 13.2 Å². The van der Waals surface area contributed by atoms with E-state index in [9.17, 15) is 9.59 Å². The summed E-state index contributed by atoms with van der Waals surface area (Å²) in [5, 5.41) is 11.5. The summed E-state index contributed by atoms with van der Waals surface area (Å²) in [5.41, 5.74) is 5.57. The second-order valence-corrected chi connectivity index (χ2v) is 7.44. The molecule has 1 aliphatic carbocycles. The Kier molecular flexibility index (Phi) is 5.89. The average Bonchev–Trinajstić information content (AvgIpc) is 3.10. The van der Waals surface area contributed by atoms with Crippen LogP contribution in [-0.2, 0) is 9.53 Å². The molecule has 3 aromatic rings. The predicted octanol–water partition coefficient (Wildman–Crippen LogP) is 4.75. The Bertz CT molecular complexity index is 1050. The highest BCUT2D eigenvalue weighted by molar-refractivity contribution is 5.79. The summed E-state index contributed by atoms with van der Waals surface area (Å²) >= 11 is 0. The number of hydrogen-bond donors (Lipinski definition) is 2. The van der Waals surface area contributed by atoms with Crippen LogP contribution in [0.25, 0.3) is 11.1 Å². The predicted molar refractivity (Wildman–Crippen MR) is 116 cm³/mol. The number of aliphatic carboxylic acids is 1. The van der Waals surface area contributed by atoms with Crippen LogP contribution >= 0.6 is 0 Å². The number of carbonyl (C=O) groups is 2. The van der Waals surface area contributed by atoms with Crippen LogP contribution in [0.2, 0.25) is 0 Å². The number of fused-ring (bicyclic) bond motifs is 3. The van der Waals surface area contributed by atoms with Crippen LogP contribution < -0.4 is 10.1 Å². The van der Waals surface area contributed by atoms with E-state index >= 15 is 0 Å². The Morgan fingerprint density at radius 2 is 1.52 bits per heavy atom. The molecule has 31 heavy (non-hydrogen) atoms. The normalized spacial score (nSPS) is 13.1. The molecule has 1 unspecified atom stereocenters. The number of alkyl carbamates (subject to hydrolysis) is 1. The van der Waals surface area contributed by atoms with Crippen LogP contribution in [0.5, 0.6) is 5.75 Å². The first kappa shape index (κ1) is 20.5. The van der Waals surface area contributed by atoms with Crippen LogP contribution in [0.15, 0.2) is 72.8 Å². The smallest absolute Gasteiger partial charge is 0.407 e. The minimum Gasteiger partial charge on any atom is -0.482 e. The zero-order valence-electron chi connectivity index (χ0n) is 17.1. The first-order valence-corrected chi connectivity index (χ1v) is 10.1. The lowest BCUT2D eigenvalue weighted by molar-refractivity contribution is -0.139. The number of benzene rings is 3. The molecule has 0 heterocycles.